The summed E-state index contributed by atoms with van der Waals surface area (Å²) < 4.78 is 62.6. The predicted molar refractivity (Wildman–Crippen MR) is 119 cm³/mol. The van der Waals surface area contributed by atoms with Crippen molar-refractivity contribution in [3.8, 4) is 0 Å². The van der Waals surface area contributed by atoms with Gasteiger partial charge in [0, 0.05) is 32.1 Å². The zero-order valence-electron chi connectivity index (χ0n) is 16.7. The second-order valence-corrected chi connectivity index (χ2v) is 11.0. The zero-order chi connectivity index (χ0) is 20.8. The predicted octanol–water partition coefficient (Wildman–Crippen LogP) is 3.44. The molecule has 0 unspecified atom stereocenters. The second kappa shape index (κ2) is 8.24. The average molecular weight is 545 g/mol. The molecule has 10 heteroatoms. The van der Waals surface area contributed by atoms with Gasteiger partial charge in [0.25, 0.3) is 0 Å². The first-order chi connectivity index (χ1) is 12.9. The number of nitrogens with zero attached hydrogens (tertiary/aromatic N) is 2. The number of sulfone groups is 1. The Hall–Kier alpha value is -1.04. The van der Waals surface area contributed by atoms with Crippen molar-refractivity contribution in [1.29, 1.82) is 0 Å². The number of halogens is 4. The van der Waals surface area contributed by atoms with Crippen molar-refractivity contribution >= 4 is 39.8 Å². The average Bonchev–Trinajstić information content (AvgIpc) is 3.39. The molecule has 1 saturated heterocycles. The van der Waals surface area contributed by atoms with Crippen LogP contribution in [-0.2, 0) is 21.4 Å². The van der Waals surface area contributed by atoms with Gasteiger partial charge in [-0.3, -0.25) is 4.99 Å². The van der Waals surface area contributed by atoms with E-state index in [4.69, 9.17) is 0 Å². The molecule has 0 aromatic heterocycles. The van der Waals surface area contributed by atoms with Gasteiger partial charge in [-0.1, -0.05) is 18.2 Å². The van der Waals surface area contributed by atoms with Crippen molar-refractivity contribution in [1.82, 2.24) is 10.2 Å². The number of hydrogen-bond donors (Lipinski definition) is 1. The van der Waals surface area contributed by atoms with Crippen LogP contribution >= 0.6 is 24.0 Å². The number of guanidine groups is 1. The molecule has 0 radical (unpaired) electrons. The summed E-state index contributed by atoms with van der Waals surface area (Å²) in [4.78, 5) is 6.17. The van der Waals surface area contributed by atoms with E-state index >= 15 is 0 Å². The fourth-order valence-electron chi connectivity index (χ4n) is 3.65. The quantitative estimate of drug-likeness (QED) is 0.359. The molecule has 2 aliphatic rings. The number of hydrogen-bond acceptors (Lipinski definition) is 3. The molecule has 1 aliphatic carbocycles. The molecule has 3 rings (SSSR count). The van der Waals surface area contributed by atoms with E-state index in [0.717, 1.165) is 18.9 Å². The maximum absolute atomic E-state index is 13.0. The third kappa shape index (κ3) is 5.00. The maximum atomic E-state index is 13.0. The topological polar surface area (TPSA) is 61.8 Å². The van der Waals surface area contributed by atoms with E-state index in [1.165, 1.54) is 12.1 Å². The molecular weight excluding hydrogens is 518 g/mol. The highest BCUT2D eigenvalue weighted by atomic mass is 127. The summed E-state index contributed by atoms with van der Waals surface area (Å²) >= 11 is 0. The van der Waals surface area contributed by atoms with Gasteiger partial charge >= 0.3 is 6.18 Å². The van der Waals surface area contributed by atoms with Crippen molar-refractivity contribution < 1.29 is 21.6 Å². The number of benzene rings is 1. The van der Waals surface area contributed by atoms with Crippen LogP contribution < -0.4 is 5.32 Å². The molecule has 2 fully saturated rings. The SMILES string of the molecule is CN=C(NCC1(c2cccc(C(F)(F)F)c2)CC1)N1CCS(=O)(=O)C(C)(C)C1.I. The lowest BCUT2D eigenvalue weighted by atomic mass is 9.94. The standard InChI is InChI=1S/C19H26F3N3O2S.HI/c1-17(2)13-25(9-10-28(17,26)27)16(23-3)24-12-18(7-8-18)14-5-4-6-15(11-14)19(20,21)22;/h4-6,11H,7-10,12-13H2,1-3H3,(H,23,24);1H. The largest absolute Gasteiger partial charge is 0.416 e. The molecule has 0 amide bonds. The van der Waals surface area contributed by atoms with E-state index in [1.807, 2.05) is 4.90 Å². The fourth-order valence-corrected chi connectivity index (χ4v) is 5.01. The van der Waals surface area contributed by atoms with E-state index in [0.29, 0.717) is 31.2 Å². The Morgan fingerprint density at radius 1 is 1.28 bits per heavy atom. The smallest absolute Gasteiger partial charge is 0.355 e. The van der Waals surface area contributed by atoms with Gasteiger partial charge < -0.3 is 10.2 Å². The lowest BCUT2D eigenvalue weighted by molar-refractivity contribution is -0.137. The lowest BCUT2D eigenvalue weighted by Gasteiger charge is -2.39. The molecule has 0 bridgehead atoms. The van der Waals surface area contributed by atoms with Crippen molar-refractivity contribution in [3.05, 3.63) is 35.4 Å². The summed E-state index contributed by atoms with van der Waals surface area (Å²) in [6, 6.07) is 5.50. The molecule has 29 heavy (non-hydrogen) atoms. The molecule has 1 aromatic rings. The zero-order valence-corrected chi connectivity index (χ0v) is 19.9. The van der Waals surface area contributed by atoms with Crippen LogP contribution in [0.25, 0.3) is 0 Å². The van der Waals surface area contributed by atoms with E-state index in [1.54, 1.807) is 27.0 Å². The number of rotatable bonds is 3. The molecule has 1 heterocycles. The number of nitrogens with one attached hydrogen (secondary N) is 1. The Labute approximate surface area is 187 Å². The van der Waals surface area contributed by atoms with Crippen LogP contribution in [0.4, 0.5) is 13.2 Å². The number of aliphatic imine (C=N–C) groups is 1. The molecule has 1 N–H and O–H groups in total. The van der Waals surface area contributed by atoms with Crippen LogP contribution in [-0.4, -0.2) is 56.5 Å². The summed E-state index contributed by atoms with van der Waals surface area (Å²) in [7, 11) is -1.53. The molecule has 1 aromatic carbocycles. The second-order valence-electron chi connectivity index (χ2n) is 8.26. The molecule has 0 atom stereocenters. The van der Waals surface area contributed by atoms with Gasteiger partial charge in [-0.05, 0) is 38.3 Å². The summed E-state index contributed by atoms with van der Waals surface area (Å²) in [5.41, 5.74) is -0.301. The third-order valence-electron chi connectivity index (χ3n) is 5.80. The highest BCUT2D eigenvalue weighted by Crippen LogP contribution is 2.48. The van der Waals surface area contributed by atoms with Crippen LogP contribution in [0.5, 0.6) is 0 Å². The number of alkyl halides is 3. The first-order valence-electron chi connectivity index (χ1n) is 9.26. The summed E-state index contributed by atoms with van der Waals surface area (Å²) in [6.07, 6.45) is -2.75. The molecule has 1 saturated carbocycles. The van der Waals surface area contributed by atoms with E-state index in [2.05, 4.69) is 10.3 Å². The molecule has 0 spiro atoms. The highest BCUT2D eigenvalue weighted by Gasteiger charge is 2.46. The Kier molecular flexibility index (Phi) is 6.88. The third-order valence-corrected chi connectivity index (χ3v) is 8.33. The highest BCUT2D eigenvalue weighted by molar-refractivity contribution is 14.0. The monoisotopic (exact) mass is 545 g/mol. The van der Waals surface area contributed by atoms with Gasteiger partial charge in [0.05, 0.1) is 16.1 Å². The minimum Gasteiger partial charge on any atom is -0.355 e. The van der Waals surface area contributed by atoms with Crippen LogP contribution in [0.15, 0.2) is 29.3 Å². The van der Waals surface area contributed by atoms with Gasteiger partial charge in [0.1, 0.15) is 0 Å². The molecular formula is C19H27F3IN3O2S. The Morgan fingerprint density at radius 3 is 2.45 bits per heavy atom. The minimum absolute atomic E-state index is 0. The van der Waals surface area contributed by atoms with Gasteiger partial charge in [-0.15, -0.1) is 24.0 Å². The van der Waals surface area contributed by atoms with Crippen LogP contribution in [0.3, 0.4) is 0 Å². The fraction of sp³-hybridized carbons (Fsp3) is 0.632. The van der Waals surface area contributed by atoms with Crippen LogP contribution in [0.2, 0.25) is 0 Å². The maximum Gasteiger partial charge on any atom is 0.416 e. The van der Waals surface area contributed by atoms with Crippen molar-refractivity contribution in [2.45, 2.75) is 43.0 Å². The van der Waals surface area contributed by atoms with Crippen molar-refractivity contribution in [2.75, 3.05) is 32.4 Å². The Bertz CT molecular complexity index is 881. The lowest BCUT2D eigenvalue weighted by Crippen LogP contribution is -2.57. The first-order valence-corrected chi connectivity index (χ1v) is 10.9. The molecule has 1 aliphatic heterocycles. The minimum atomic E-state index is -4.36. The van der Waals surface area contributed by atoms with Gasteiger partial charge in [0.2, 0.25) is 0 Å². The molecule has 5 nitrogen and oxygen atoms in total. The normalized spacial score (nSPS) is 22.6. The van der Waals surface area contributed by atoms with E-state index in [-0.39, 0.29) is 35.1 Å². The Morgan fingerprint density at radius 2 is 1.93 bits per heavy atom. The van der Waals surface area contributed by atoms with Crippen LogP contribution in [0, 0.1) is 0 Å². The summed E-state index contributed by atoms with van der Waals surface area (Å²) in [5.74, 6) is 0.639. The van der Waals surface area contributed by atoms with Crippen molar-refractivity contribution in [3.63, 3.8) is 0 Å². The van der Waals surface area contributed by atoms with E-state index < -0.39 is 26.3 Å². The summed E-state index contributed by atoms with van der Waals surface area (Å²) in [6.45, 7) is 4.54. The molecule has 164 valence electrons. The van der Waals surface area contributed by atoms with Gasteiger partial charge in [-0.25, -0.2) is 8.42 Å². The Balaban J connectivity index is 0.00000300. The van der Waals surface area contributed by atoms with E-state index in [9.17, 15) is 21.6 Å². The first kappa shape index (κ1) is 24.2. The van der Waals surface area contributed by atoms with Crippen molar-refractivity contribution in [2.24, 2.45) is 4.99 Å². The van der Waals surface area contributed by atoms with Gasteiger partial charge in [-0.2, -0.15) is 13.2 Å². The summed E-state index contributed by atoms with van der Waals surface area (Å²) in [5, 5.41) is 3.26. The van der Waals surface area contributed by atoms with Gasteiger partial charge in [0.15, 0.2) is 15.8 Å². The van der Waals surface area contributed by atoms with Crippen LogP contribution in [0.1, 0.15) is 37.8 Å².